The zero-order chi connectivity index (χ0) is 13.2. The maximum absolute atomic E-state index is 13.6. The summed E-state index contributed by atoms with van der Waals surface area (Å²) in [5.74, 6) is -0.952. The molecule has 1 N–H and O–H groups in total. The number of rotatable bonds is 2. The first-order valence-corrected chi connectivity index (χ1v) is 6.52. The van der Waals surface area contributed by atoms with Crippen LogP contribution in [0.4, 0.5) is 14.5 Å². The molecule has 2 aromatic rings. The lowest BCUT2D eigenvalue weighted by Gasteiger charge is -2.18. The van der Waals surface area contributed by atoms with Crippen molar-refractivity contribution in [1.82, 2.24) is 0 Å². The first-order valence-electron chi connectivity index (χ1n) is 6.52. The van der Waals surface area contributed by atoms with Gasteiger partial charge in [0.15, 0.2) is 0 Å². The number of halogens is 2. The number of benzene rings is 2. The van der Waals surface area contributed by atoms with Crippen LogP contribution in [0.5, 0.6) is 0 Å². The van der Waals surface area contributed by atoms with Crippen molar-refractivity contribution in [2.24, 2.45) is 0 Å². The molecule has 19 heavy (non-hydrogen) atoms. The van der Waals surface area contributed by atoms with Gasteiger partial charge in [-0.15, -0.1) is 0 Å². The van der Waals surface area contributed by atoms with E-state index in [9.17, 15) is 8.78 Å². The van der Waals surface area contributed by atoms with E-state index in [-0.39, 0.29) is 5.56 Å². The van der Waals surface area contributed by atoms with Crippen LogP contribution in [-0.2, 0) is 12.8 Å². The Morgan fingerprint density at radius 2 is 1.84 bits per heavy atom. The van der Waals surface area contributed by atoms with Gasteiger partial charge in [0.1, 0.15) is 11.6 Å². The molecule has 0 amide bonds. The van der Waals surface area contributed by atoms with E-state index in [4.69, 9.17) is 0 Å². The fourth-order valence-electron chi connectivity index (χ4n) is 2.54. The summed E-state index contributed by atoms with van der Waals surface area (Å²) in [6, 6.07) is 9.99. The molecule has 2 aromatic carbocycles. The molecule has 0 saturated heterocycles. The van der Waals surface area contributed by atoms with Crippen molar-refractivity contribution < 1.29 is 8.78 Å². The van der Waals surface area contributed by atoms with Gasteiger partial charge in [0, 0.05) is 24.2 Å². The highest BCUT2D eigenvalue weighted by molar-refractivity contribution is 5.54. The van der Waals surface area contributed by atoms with Gasteiger partial charge in [-0.05, 0) is 42.2 Å². The molecular weight excluding hydrogens is 244 g/mol. The highest BCUT2D eigenvalue weighted by atomic mass is 19.1. The first-order chi connectivity index (χ1) is 9.24. The van der Waals surface area contributed by atoms with Crippen LogP contribution in [0, 0.1) is 11.6 Å². The second kappa shape index (κ2) is 5.00. The largest absolute Gasteiger partial charge is 0.385 e. The Hall–Kier alpha value is -1.90. The zero-order valence-electron chi connectivity index (χ0n) is 10.5. The third-order valence-electron chi connectivity index (χ3n) is 3.55. The van der Waals surface area contributed by atoms with Gasteiger partial charge in [0.05, 0.1) is 0 Å². The Labute approximate surface area is 111 Å². The topological polar surface area (TPSA) is 12.0 Å². The van der Waals surface area contributed by atoms with E-state index >= 15 is 0 Å². The van der Waals surface area contributed by atoms with Crippen molar-refractivity contribution in [3.63, 3.8) is 0 Å². The predicted octanol–water partition coefficient (Wildman–Crippen LogP) is 3.91. The molecule has 3 heteroatoms. The molecule has 3 rings (SSSR count). The molecule has 0 bridgehead atoms. The van der Waals surface area contributed by atoms with Crippen molar-refractivity contribution in [3.8, 4) is 0 Å². The molecule has 98 valence electrons. The van der Waals surface area contributed by atoms with E-state index in [0.717, 1.165) is 30.6 Å². The van der Waals surface area contributed by atoms with E-state index in [1.807, 2.05) is 18.2 Å². The highest BCUT2D eigenvalue weighted by Gasteiger charge is 2.12. The fraction of sp³-hybridized carbons (Fsp3) is 0.250. The molecule has 1 heterocycles. The van der Waals surface area contributed by atoms with Crippen LogP contribution in [0.25, 0.3) is 0 Å². The van der Waals surface area contributed by atoms with Gasteiger partial charge in [-0.25, -0.2) is 8.78 Å². The number of hydrogen-bond acceptors (Lipinski definition) is 1. The molecule has 0 radical (unpaired) electrons. The molecular formula is C16H15F2N. The van der Waals surface area contributed by atoms with Crippen LogP contribution in [0.15, 0.2) is 36.4 Å². The first kappa shape index (κ1) is 12.2. The molecule has 1 nitrogen and oxygen atoms in total. The quantitative estimate of drug-likeness (QED) is 0.862. The van der Waals surface area contributed by atoms with Crippen LogP contribution >= 0.6 is 0 Å². The number of fused-ring (bicyclic) bond motifs is 1. The van der Waals surface area contributed by atoms with Gasteiger partial charge >= 0.3 is 0 Å². The van der Waals surface area contributed by atoms with Crippen molar-refractivity contribution >= 4 is 5.69 Å². The van der Waals surface area contributed by atoms with Gasteiger partial charge in [0.2, 0.25) is 0 Å². The van der Waals surface area contributed by atoms with E-state index < -0.39 is 11.6 Å². The smallest absolute Gasteiger partial charge is 0.129 e. The van der Waals surface area contributed by atoms with Crippen LogP contribution in [-0.4, -0.2) is 6.54 Å². The highest BCUT2D eigenvalue weighted by Crippen LogP contribution is 2.25. The maximum Gasteiger partial charge on any atom is 0.129 e. The predicted molar refractivity (Wildman–Crippen MR) is 72.4 cm³/mol. The minimum absolute atomic E-state index is 0.145. The second-order valence-electron chi connectivity index (χ2n) is 4.90. The SMILES string of the molecule is Fc1cccc(F)c1Cc1ccc2c(c1)CCCN2. The lowest BCUT2D eigenvalue weighted by atomic mass is 9.97. The van der Waals surface area contributed by atoms with Crippen molar-refractivity contribution in [3.05, 3.63) is 64.7 Å². The molecule has 0 saturated carbocycles. The standard InChI is InChI=1S/C16H15F2N/c17-14-4-1-5-15(18)13(14)10-11-6-7-16-12(9-11)3-2-8-19-16/h1,4-7,9,19H,2-3,8,10H2. The normalized spacial score (nSPS) is 13.8. The lowest BCUT2D eigenvalue weighted by molar-refractivity contribution is 0.561. The molecule has 1 aliphatic heterocycles. The third-order valence-corrected chi connectivity index (χ3v) is 3.55. The van der Waals surface area contributed by atoms with Crippen molar-refractivity contribution in [2.75, 3.05) is 11.9 Å². The summed E-state index contributed by atoms with van der Waals surface area (Å²) < 4.78 is 27.2. The molecule has 0 aromatic heterocycles. The molecule has 0 fully saturated rings. The Balaban J connectivity index is 1.91. The second-order valence-corrected chi connectivity index (χ2v) is 4.90. The summed E-state index contributed by atoms with van der Waals surface area (Å²) in [7, 11) is 0. The number of nitrogens with one attached hydrogen (secondary N) is 1. The average Bonchev–Trinajstić information content (AvgIpc) is 2.43. The summed E-state index contributed by atoms with van der Waals surface area (Å²) in [6.45, 7) is 0.994. The summed E-state index contributed by atoms with van der Waals surface area (Å²) in [5.41, 5.74) is 3.47. The van der Waals surface area contributed by atoms with Crippen molar-refractivity contribution in [1.29, 1.82) is 0 Å². The molecule has 0 aliphatic carbocycles. The van der Waals surface area contributed by atoms with E-state index in [1.165, 1.54) is 23.8 Å². The Bertz CT molecular complexity index is 587. The van der Waals surface area contributed by atoms with Gasteiger partial charge in [-0.2, -0.15) is 0 Å². The van der Waals surface area contributed by atoms with Gasteiger partial charge in [-0.1, -0.05) is 18.2 Å². The van der Waals surface area contributed by atoms with E-state index in [2.05, 4.69) is 5.32 Å². The average molecular weight is 259 g/mol. The Morgan fingerprint density at radius 3 is 2.63 bits per heavy atom. The van der Waals surface area contributed by atoms with E-state index in [1.54, 1.807) is 0 Å². The number of anilines is 1. The molecule has 1 aliphatic rings. The Kier molecular flexibility index (Phi) is 3.20. The van der Waals surface area contributed by atoms with Gasteiger partial charge in [-0.3, -0.25) is 0 Å². The monoisotopic (exact) mass is 259 g/mol. The molecule has 0 atom stereocenters. The third kappa shape index (κ3) is 2.46. The van der Waals surface area contributed by atoms with E-state index in [0.29, 0.717) is 6.42 Å². The van der Waals surface area contributed by atoms with Crippen LogP contribution in [0.2, 0.25) is 0 Å². The van der Waals surface area contributed by atoms with Crippen LogP contribution < -0.4 is 5.32 Å². The van der Waals surface area contributed by atoms with Crippen molar-refractivity contribution in [2.45, 2.75) is 19.3 Å². The lowest BCUT2D eigenvalue weighted by Crippen LogP contribution is -2.11. The van der Waals surface area contributed by atoms with Gasteiger partial charge in [0.25, 0.3) is 0 Å². The van der Waals surface area contributed by atoms with Gasteiger partial charge < -0.3 is 5.32 Å². The summed E-state index contributed by atoms with van der Waals surface area (Å²) >= 11 is 0. The maximum atomic E-state index is 13.6. The number of aryl methyl sites for hydroxylation is 1. The minimum atomic E-state index is -0.476. The molecule has 0 spiro atoms. The minimum Gasteiger partial charge on any atom is -0.385 e. The zero-order valence-corrected chi connectivity index (χ0v) is 10.5. The summed E-state index contributed by atoms with van der Waals surface area (Å²) in [6.07, 6.45) is 2.42. The Morgan fingerprint density at radius 1 is 1.05 bits per heavy atom. The summed E-state index contributed by atoms with van der Waals surface area (Å²) in [4.78, 5) is 0. The number of hydrogen-bond donors (Lipinski definition) is 1. The fourth-order valence-corrected chi connectivity index (χ4v) is 2.54. The van der Waals surface area contributed by atoms with Crippen LogP contribution in [0.3, 0.4) is 0 Å². The summed E-state index contributed by atoms with van der Waals surface area (Å²) in [5, 5.41) is 3.33. The molecule has 0 unspecified atom stereocenters. The van der Waals surface area contributed by atoms with Crippen LogP contribution in [0.1, 0.15) is 23.1 Å².